The van der Waals surface area contributed by atoms with E-state index in [1.807, 2.05) is 6.07 Å². The quantitative estimate of drug-likeness (QED) is 0.317. The third-order valence-corrected chi connectivity index (χ3v) is 5.21. The average Bonchev–Trinajstić information content (AvgIpc) is 2.84. The van der Waals surface area contributed by atoms with Crippen LogP contribution in [0.4, 0.5) is 0 Å². The van der Waals surface area contributed by atoms with Gasteiger partial charge in [0, 0.05) is 11.1 Å². The Hall–Kier alpha value is -4.91. The molecule has 168 valence electrons. The van der Waals surface area contributed by atoms with Crippen LogP contribution >= 0.6 is 0 Å². The van der Waals surface area contributed by atoms with Crippen molar-refractivity contribution in [1.29, 1.82) is 0 Å². The molecule has 0 heterocycles. The lowest BCUT2D eigenvalue weighted by molar-refractivity contribution is 0.0686. The molecule has 0 aromatic heterocycles. The molecule has 3 N–H and O–H groups in total. The highest BCUT2D eigenvalue weighted by Gasteiger charge is 2.22. The summed E-state index contributed by atoms with van der Waals surface area (Å²) in [6, 6.07) is 23.8. The maximum atomic E-state index is 12.2. The first-order valence-corrected chi connectivity index (χ1v) is 10.2. The topological polar surface area (TPSA) is 121 Å². The van der Waals surface area contributed by atoms with Gasteiger partial charge in [0.25, 0.3) is 0 Å². The van der Waals surface area contributed by atoms with Gasteiger partial charge in [-0.1, -0.05) is 42.5 Å². The van der Waals surface area contributed by atoms with Crippen LogP contribution in [-0.4, -0.2) is 33.2 Å². The zero-order valence-electron chi connectivity index (χ0n) is 17.6. The Kier molecular flexibility index (Phi) is 6.09. The van der Waals surface area contributed by atoms with Crippen LogP contribution in [0.25, 0.3) is 22.3 Å². The van der Waals surface area contributed by atoms with Crippen molar-refractivity contribution in [3.05, 3.63) is 108 Å². The zero-order chi connectivity index (χ0) is 24.2. The van der Waals surface area contributed by atoms with Crippen LogP contribution in [0.15, 0.2) is 91.0 Å². The SMILES string of the molecule is O=C(O)c1ccc(-c2c(Oc3ccccc3)ccc(C(=O)O)c2-c2ccc(C(=O)O)cc2)cc1. The largest absolute Gasteiger partial charge is 0.478 e. The molecule has 0 saturated carbocycles. The number of carboxylic acid groups (broad SMARTS) is 3. The van der Waals surface area contributed by atoms with Crippen molar-refractivity contribution in [2.24, 2.45) is 0 Å². The third kappa shape index (κ3) is 4.49. The molecular formula is C27H18O7. The van der Waals surface area contributed by atoms with E-state index in [9.17, 15) is 29.7 Å². The second kappa shape index (κ2) is 9.30. The number of rotatable bonds is 7. The first kappa shape index (κ1) is 22.3. The predicted molar refractivity (Wildman–Crippen MR) is 125 cm³/mol. The van der Waals surface area contributed by atoms with Crippen molar-refractivity contribution in [1.82, 2.24) is 0 Å². The van der Waals surface area contributed by atoms with Crippen molar-refractivity contribution >= 4 is 17.9 Å². The van der Waals surface area contributed by atoms with E-state index in [0.29, 0.717) is 33.8 Å². The van der Waals surface area contributed by atoms with Crippen LogP contribution in [0.2, 0.25) is 0 Å². The molecular weight excluding hydrogens is 436 g/mol. The number of carboxylic acids is 3. The maximum Gasteiger partial charge on any atom is 0.336 e. The number of aromatic carboxylic acids is 3. The molecule has 0 bridgehead atoms. The Morgan fingerprint density at radius 1 is 0.529 bits per heavy atom. The fourth-order valence-corrected chi connectivity index (χ4v) is 3.61. The van der Waals surface area contributed by atoms with Crippen LogP contribution in [0.1, 0.15) is 31.1 Å². The molecule has 0 aliphatic carbocycles. The summed E-state index contributed by atoms with van der Waals surface area (Å²) in [6.07, 6.45) is 0. The van der Waals surface area contributed by atoms with E-state index in [2.05, 4.69) is 0 Å². The van der Waals surface area contributed by atoms with Gasteiger partial charge in [0.2, 0.25) is 0 Å². The van der Waals surface area contributed by atoms with Gasteiger partial charge in [0.1, 0.15) is 11.5 Å². The molecule has 34 heavy (non-hydrogen) atoms. The van der Waals surface area contributed by atoms with E-state index in [-0.39, 0.29) is 16.7 Å². The Morgan fingerprint density at radius 2 is 1.03 bits per heavy atom. The monoisotopic (exact) mass is 454 g/mol. The highest BCUT2D eigenvalue weighted by atomic mass is 16.5. The summed E-state index contributed by atoms with van der Waals surface area (Å²) in [4.78, 5) is 34.8. The van der Waals surface area contributed by atoms with E-state index < -0.39 is 17.9 Å². The highest BCUT2D eigenvalue weighted by Crippen LogP contribution is 2.43. The molecule has 4 aromatic rings. The third-order valence-electron chi connectivity index (χ3n) is 5.21. The van der Waals surface area contributed by atoms with Crippen LogP contribution in [0, 0.1) is 0 Å². The minimum Gasteiger partial charge on any atom is -0.478 e. The van der Waals surface area contributed by atoms with Crippen LogP contribution in [-0.2, 0) is 0 Å². The summed E-state index contributed by atoms with van der Waals surface area (Å²) in [5.41, 5.74) is 1.89. The number of carbonyl (C=O) groups is 3. The number of para-hydroxylation sites is 1. The van der Waals surface area contributed by atoms with E-state index >= 15 is 0 Å². The van der Waals surface area contributed by atoms with Gasteiger partial charge in [-0.3, -0.25) is 0 Å². The first-order valence-electron chi connectivity index (χ1n) is 10.2. The molecule has 4 rings (SSSR count). The number of hydrogen-bond acceptors (Lipinski definition) is 4. The lowest BCUT2D eigenvalue weighted by atomic mass is 9.89. The molecule has 7 nitrogen and oxygen atoms in total. The Labute approximate surface area is 194 Å². The Morgan fingerprint density at radius 3 is 1.50 bits per heavy atom. The number of hydrogen-bond donors (Lipinski definition) is 3. The minimum absolute atomic E-state index is 0.0132. The Balaban J connectivity index is 1.99. The molecule has 0 saturated heterocycles. The normalized spacial score (nSPS) is 10.5. The van der Waals surface area contributed by atoms with Crippen molar-refractivity contribution < 1.29 is 34.4 Å². The second-order valence-corrected chi connectivity index (χ2v) is 7.35. The molecule has 0 spiro atoms. The number of ether oxygens (including phenoxy) is 1. The first-order chi connectivity index (χ1) is 16.3. The van der Waals surface area contributed by atoms with Gasteiger partial charge >= 0.3 is 17.9 Å². The molecule has 4 aromatic carbocycles. The van der Waals surface area contributed by atoms with Crippen LogP contribution < -0.4 is 4.74 Å². The van der Waals surface area contributed by atoms with E-state index in [4.69, 9.17) is 4.74 Å². The maximum absolute atomic E-state index is 12.2. The van der Waals surface area contributed by atoms with E-state index in [0.717, 1.165) is 0 Å². The smallest absolute Gasteiger partial charge is 0.336 e. The van der Waals surface area contributed by atoms with Gasteiger partial charge in [-0.05, 0) is 59.7 Å². The highest BCUT2D eigenvalue weighted by molar-refractivity contribution is 6.03. The molecule has 0 fully saturated rings. The van der Waals surface area contributed by atoms with Crippen LogP contribution in [0.5, 0.6) is 11.5 Å². The minimum atomic E-state index is -1.17. The standard InChI is InChI=1S/C27H18O7/c28-25(29)18-10-6-16(7-11-18)23-21(27(32)33)14-15-22(34-20-4-2-1-3-5-20)24(23)17-8-12-19(13-9-17)26(30)31/h1-15H,(H,28,29)(H,30,31)(H,32,33). The van der Waals surface area contributed by atoms with Crippen LogP contribution in [0.3, 0.4) is 0 Å². The molecule has 0 radical (unpaired) electrons. The fourth-order valence-electron chi connectivity index (χ4n) is 3.61. The van der Waals surface area contributed by atoms with Crippen molar-refractivity contribution in [3.63, 3.8) is 0 Å². The van der Waals surface area contributed by atoms with Crippen molar-refractivity contribution in [3.8, 4) is 33.8 Å². The van der Waals surface area contributed by atoms with Gasteiger partial charge in [0.15, 0.2) is 0 Å². The van der Waals surface area contributed by atoms with Crippen molar-refractivity contribution in [2.75, 3.05) is 0 Å². The van der Waals surface area contributed by atoms with Crippen molar-refractivity contribution in [2.45, 2.75) is 0 Å². The summed E-state index contributed by atoms with van der Waals surface area (Å²) in [5.74, 6) is -2.48. The summed E-state index contributed by atoms with van der Waals surface area (Å²) < 4.78 is 6.10. The molecule has 0 aliphatic rings. The summed E-state index contributed by atoms with van der Waals surface area (Å²) in [6.45, 7) is 0. The lowest BCUT2D eigenvalue weighted by Crippen LogP contribution is -2.04. The van der Waals surface area contributed by atoms with Gasteiger partial charge < -0.3 is 20.1 Å². The van der Waals surface area contributed by atoms with Gasteiger partial charge in [-0.2, -0.15) is 0 Å². The molecule has 7 heteroatoms. The summed E-state index contributed by atoms with van der Waals surface area (Å²) in [7, 11) is 0. The van der Waals surface area contributed by atoms with Gasteiger partial charge in [0.05, 0.1) is 16.7 Å². The summed E-state index contributed by atoms with van der Waals surface area (Å²) in [5, 5.41) is 28.4. The van der Waals surface area contributed by atoms with E-state index in [1.165, 1.54) is 42.5 Å². The average molecular weight is 454 g/mol. The Bertz CT molecular complexity index is 1370. The fraction of sp³-hybridized carbons (Fsp3) is 0. The molecule has 0 atom stereocenters. The molecule has 0 unspecified atom stereocenters. The molecule has 0 aliphatic heterocycles. The van der Waals surface area contributed by atoms with Gasteiger partial charge in [-0.25, -0.2) is 14.4 Å². The van der Waals surface area contributed by atoms with Gasteiger partial charge in [-0.15, -0.1) is 0 Å². The summed E-state index contributed by atoms with van der Waals surface area (Å²) >= 11 is 0. The predicted octanol–water partition coefficient (Wildman–Crippen LogP) is 5.91. The second-order valence-electron chi connectivity index (χ2n) is 7.35. The number of benzene rings is 4. The molecule has 0 amide bonds. The van der Waals surface area contributed by atoms with E-state index in [1.54, 1.807) is 42.5 Å². The lowest BCUT2D eigenvalue weighted by Gasteiger charge is -2.19. The zero-order valence-corrected chi connectivity index (χ0v) is 17.6.